The van der Waals surface area contributed by atoms with Crippen LogP contribution in [0.3, 0.4) is 0 Å². The lowest BCUT2D eigenvalue weighted by atomic mass is 10.2. The van der Waals surface area contributed by atoms with Gasteiger partial charge in [0.25, 0.3) is 5.91 Å². The molecular formula is C14H11BrN2O3. The molecule has 102 valence electrons. The number of carboxylic acid groups (broad SMARTS) is 1. The Hall–Kier alpha value is -2.21. The van der Waals surface area contributed by atoms with Gasteiger partial charge in [-0.05, 0) is 30.3 Å². The van der Waals surface area contributed by atoms with Crippen molar-refractivity contribution in [2.24, 2.45) is 0 Å². The van der Waals surface area contributed by atoms with Crippen molar-refractivity contribution in [1.82, 2.24) is 4.98 Å². The highest BCUT2D eigenvalue weighted by Gasteiger charge is 2.16. The molecule has 0 fully saturated rings. The fourth-order valence-electron chi connectivity index (χ4n) is 1.68. The largest absolute Gasteiger partial charge is 0.477 e. The summed E-state index contributed by atoms with van der Waals surface area (Å²) in [7, 11) is 1.63. The number of anilines is 1. The van der Waals surface area contributed by atoms with E-state index in [0.29, 0.717) is 5.69 Å². The normalized spacial score (nSPS) is 10.1. The predicted molar refractivity (Wildman–Crippen MR) is 78.1 cm³/mol. The Bertz CT molecular complexity index is 673. The van der Waals surface area contributed by atoms with Crippen LogP contribution in [-0.4, -0.2) is 29.0 Å². The van der Waals surface area contributed by atoms with Gasteiger partial charge in [-0.2, -0.15) is 0 Å². The Morgan fingerprint density at radius 2 is 2.00 bits per heavy atom. The number of carbonyl (C=O) groups excluding carboxylic acids is 1. The monoisotopic (exact) mass is 334 g/mol. The lowest BCUT2D eigenvalue weighted by Crippen LogP contribution is -2.26. The highest BCUT2D eigenvalue weighted by atomic mass is 79.9. The molecule has 5 nitrogen and oxygen atoms in total. The number of aromatic carboxylic acids is 1. The minimum Gasteiger partial charge on any atom is -0.477 e. The molecule has 1 aromatic heterocycles. The van der Waals surface area contributed by atoms with E-state index in [4.69, 9.17) is 5.11 Å². The third-order valence-electron chi connectivity index (χ3n) is 2.73. The highest BCUT2D eigenvalue weighted by Crippen LogP contribution is 2.20. The van der Waals surface area contributed by atoms with Gasteiger partial charge < -0.3 is 10.0 Å². The molecule has 6 heteroatoms. The number of aromatic nitrogens is 1. The maximum Gasteiger partial charge on any atom is 0.354 e. The zero-order valence-electron chi connectivity index (χ0n) is 10.6. The summed E-state index contributed by atoms with van der Waals surface area (Å²) in [5, 5.41) is 8.89. The van der Waals surface area contributed by atoms with E-state index in [9.17, 15) is 9.59 Å². The second kappa shape index (κ2) is 5.83. The van der Waals surface area contributed by atoms with E-state index in [1.165, 1.54) is 23.2 Å². The van der Waals surface area contributed by atoms with Crippen LogP contribution in [0.5, 0.6) is 0 Å². The van der Waals surface area contributed by atoms with Gasteiger partial charge in [0, 0.05) is 29.0 Å². The molecule has 0 atom stereocenters. The Morgan fingerprint density at radius 3 is 2.65 bits per heavy atom. The van der Waals surface area contributed by atoms with Crippen LogP contribution in [0.25, 0.3) is 0 Å². The number of carboxylic acids is 1. The van der Waals surface area contributed by atoms with Gasteiger partial charge in [0.15, 0.2) is 0 Å². The van der Waals surface area contributed by atoms with Gasteiger partial charge in [0.1, 0.15) is 5.69 Å². The summed E-state index contributed by atoms with van der Waals surface area (Å²) in [6, 6.07) is 10.0. The first kappa shape index (κ1) is 14.2. The fourth-order valence-corrected chi connectivity index (χ4v) is 2.06. The molecule has 0 radical (unpaired) electrons. The molecule has 1 N–H and O–H groups in total. The average molecular weight is 335 g/mol. The van der Waals surface area contributed by atoms with Crippen LogP contribution >= 0.6 is 15.9 Å². The summed E-state index contributed by atoms with van der Waals surface area (Å²) in [5.41, 5.74) is 0.830. The van der Waals surface area contributed by atoms with E-state index >= 15 is 0 Å². The topological polar surface area (TPSA) is 70.5 Å². The lowest BCUT2D eigenvalue weighted by Gasteiger charge is -2.17. The molecular weight excluding hydrogens is 324 g/mol. The number of halogens is 1. The molecule has 0 unspecified atom stereocenters. The molecule has 0 spiro atoms. The van der Waals surface area contributed by atoms with Crippen molar-refractivity contribution in [3.63, 3.8) is 0 Å². The van der Waals surface area contributed by atoms with E-state index < -0.39 is 5.97 Å². The smallest absolute Gasteiger partial charge is 0.354 e. The van der Waals surface area contributed by atoms with Gasteiger partial charge in [-0.1, -0.05) is 22.0 Å². The zero-order chi connectivity index (χ0) is 14.7. The van der Waals surface area contributed by atoms with Gasteiger partial charge in [-0.3, -0.25) is 4.79 Å². The number of nitrogens with zero attached hydrogens (tertiary/aromatic N) is 2. The zero-order valence-corrected chi connectivity index (χ0v) is 12.2. The number of pyridine rings is 1. The summed E-state index contributed by atoms with van der Waals surface area (Å²) in [4.78, 5) is 28.3. The third kappa shape index (κ3) is 3.03. The second-order valence-corrected chi connectivity index (χ2v) is 4.99. The van der Waals surface area contributed by atoms with Gasteiger partial charge >= 0.3 is 5.97 Å². The van der Waals surface area contributed by atoms with Gasteiger partial charge in [0.2, 0.25) is 0 Å². The third-order valence-corrected chi connectivity index (χ3v) is 3.22. The van der Waals surface area contributed by atoms with E-state index in [2.05, 4.69) is 20.9 Å². The summed E-state index contributed by atoms with van der Waals surface area (Å²) < 4.78 is 0.857. The molecule has 0 saturated carbocycles. The van der Waals surface area contributed by atoms with Crippen molar-refractivity contribution in [2.75, 3.05) is 11.9 Å². The molecule has 0 aliphatic rings. The minimum atomic E-state index is -1.16. The molecule has 2 aromatic rings. The Balaban J connectivity index is 2.31. The first-order valence-corrected chi connectivity index (χ1v) is 6.51. The maximum atomic E-state index is 12.3. The van der Waals surface area contributed by atoms with Crippen molar-refractivity contribution in [2.45, 2.75) is 0 Å². The van der Waals surface area contributed by atoms with E-state index in [-0.39, 0.29) is 17.2 Å². The van der Waals surface area contributed by atoms with Crippen molar-refractivity contribution in [3.8, 4) is 0 Å². The molecule has 0 aliphatic carbocycles. The van der Waals surface area contributed by atoms with Crippen molar-refractivity contribution < 1.29 is 14.7 Å². The van der Waals surface area contributed by atoms with E-state index in [1.54, 1.807) is 19.2 Å². The van der Waals surface area contributed by atoms with Gasteiger partial charge in [0.05, 0.1) is 0 Å². The van der Waals surface area contributed by atoms with Crippen molar-refractivity contribution >= 4 is 33.5 Å². The van der Waals surface area contributed by atoms with Crippen LogP contribution < -0.4 is 4.90 Å². The number of carbonyl (C=O) groups is 2. The predicted octanol–water partition coefficient (Wildman–Crippen LogP) is 2.82. The molecule has 20 heavy (non-hydrogen) atoms. The average Bonchev–Trinajstić information content (AvgIpc) is 2.45. The van der Waals surface area contributed by atoms with Crippen molar-refractivity contribution in [1.29, 1.82) is 0 Å². The first-order chi connectivity index (χ1) is 9.49. The summed E-state index contributed by atoms with van der Waals surface area (Å²) in [6.07, 6.45) is 1.31. The molecule has 2 rings (SSSR count). The lowest BCUT2D eigenvalue weighted by molar-refractivity contribution is 0.0690. The second-order valence-electron chi connectivity index (χ2n) is 4.08. The number of rotatable bonds is 3. The van der Waals surface area contributed by atoms with Crippen LogP contribution in [0, 0.1) is 0 Å². The summed E-state index contributed by atoms with van der Waals surface area (Å²) >= 11 is 3.34. The van der Waals surface area contributed by atoms with Gasteiger partial charge in [-0.25, -0.2) is 9.78 Å². The molecule has 1 heterocycles. The van der Waals surface area contributed by atoms with Crippen LogP contribution in [0.2, 0.25) is 0 Å². The van der Waals surface area contributed by atoms with Crippen LogP contribution in [-0.2, 0) is 0 Å². The van der Waals surface area contributed by atoms with Crippen LogP contribution in [0.1, 0.15) is 20.8 Å². The number of hydrogen-bond acceptors (Lipinski definition) is 3. The highest BCUT2D eigenvalue weighted by molar-refractivity contribution is 9.10. The maximum absolute atomic E-state index is 12.3. The summed E-state index contributed by atoms with van der Waals surface area (Å²) in [6.45, 7) is 0. The Kier molecular flexibility index (Phi) is 4.14. The first-order valence-electron chi connectivity index (χ1n) is 5.72. The number of benzene rings is 1. The Morgan fingerprint density at radius 1 is 1.25 bits per heavy atom. The van der Waals surface area contributed by atoms with E-state index in [0.717, 1.165) is 4.47 Å². The molecule has 1 amide bonds. The Labute approximate surface area is 124 Å². The number of amides is 1. The van der Waals surface area contributed by atoms with Crippen molar-refractivity contribution in [3.05, 3.63) is 58.3 Å². The quantitative estimate of drug-likeness (QED) is 0.936. The molecule has 0 saturated heterocycles. The SMILES string of the molecule is CN(C(=O)c1ccnc(C(=O)O)c1)c1cccc(Br)c1. The fraction of sp³-hybridized carbons (Fsp3) is 0.0714. The van der Waals surface area contributed by atoms with Gasteiger partial charge in [-0.15, -0.1) is 0 Å². The van der Waals surface area contributed by atoms with Crippen LogP contribution in [0.15, 0.2) is 47.1 Å². The van der Waals surface area contributed by atoms with Crippen LogP contribution in [0.4, 0.5) is 5.69 Å². The van der Waals surface area contributed by atoms with E-state index in [1.807, 2.05) is 12.1 Å². The minimum absolute atomic E-state index is 0.154. The summed E-state index contributed by atoms with van der Waals surface area (Å²) in [5.74, 6) is -1.46. The molecule has 0 aliphatic heterocycles. The molecule has 1 aromatic carbocycles. The number of hydrogen-bond donors (Lipinski definition) is 1. The molecule has 0 bridgehead atoms. The standard InChI is InChI=1S/C14H11BrN2O3/c1-17(11-4-2-3-10(15)8-11)13(18)9-5-6-16-12(7-9)14(19)20/h2-8H,1H3,(H,19,20).